The Labute approximate surface area is 92.0 Å². The van der Waals surface area contributed by atoms with E-state index in [1.165, 1.54) is 19.1 Å². The number of anilines is 1. The van der Waals surface area contributed by atoms with Gasteiger partial charge in [0, 0.05) is 5.57 Å². The number of hydrogen-bond donors (Lipinski definition) is 2. The topological polar surface area (TPSA) is 89.5 Å². The van der Waals surface area contributed by atoms with Crippen LogP contribution in [0.5, 0.6) is 5.75 Å². The molecule has 5 heteroatoms. The normalized spacial score (nSPS) is 9.56. The number of carboxylic acid groups (broad SMARTS) is 1. The molecule has 2 N–H and O–H groups in total. The van der Waals surface area contributed by atoms with Crippen molar-refractivity contribution in [1.29, 1.82) is 0 Å². The van der Waals surface area contributed by atoms with Crippen LogP contribution in [0.3, 0.4) is 0 Å². The second kappa shape index (κ2) is 4.48. The zero-order valence-electron chi connectivity index (χ0n) is 8.61. The SMILES string of the molecule is C=C(C)C(=O)Nc1ccc([O-])cc1C(=O)O. The van der Waals surface area contributed by atoms with Crippen molar-refractivity contribution in [3.05, 3.63) is 35.9 Å². The minimum atomic E-state index is -1.27. The fourth-order valence-electron chi connectivity index (χ4n) is 1.04. The van der Waals surface area contributed by atoms with Gasteiger partial charge in [-0.15, -0.1) is 5.75 Å². The van der Waals surface area contributed by atoms with Gasteiger partial charge in [0.05, 0.1) is 11.3 Å². The zero-order chi connectivity index (χ0) is 12.3. The monoisotopic (exact) mass is 220 g/mol. The van der Waals surface area contributed by atoms with Gasteiger partial charge in [-0.25, -0.2) is 4.79 Å². The molecule has 0 saturated carbocycles. The maximum atomic E-state index is 11.3. The highest BCUT2D eigenvalue weighted by Crippen LogP contribution is 2.20. The van der Waals surface area contributed by atoms with Gasteiger partial charge in [-0.3, -0.25) is 4.79 Å². The lowest BCUT2D eigenvalue weighted by Crippen LogP contribution is -2.15. The molecule has 0 heterocycles. The van der Waals surface area contributed by atoms with Gasteiger partial charge in [0.2, 0.25) is 0 Å². The predicted octanol–water partition coefficient (Wildman–Crippen LogP) is 0.973. The number of rotatable bonds is 3. The smallest absolute Gasteiger partial charge is 0.337 e. The molecular formula is C11H10NO4-. The van der Waals surface area contributed by atoms with E-state index >= 15 is 0 Å². The summed E-state index contributed by atoms with van der Waals surface area (Å²) in [6, 6.07) is 3.39. The third kappa shape index (κ3) is 2.60. The molecule has 0 aliphatic heterocycles. The van der Waals surface area contributed by atoms with Gasteiger partial charge >= 0.3 is 5.97 Å². The molecule has 0 atom stereocenters. The highest BCUT2D eigenvalue weighted by Gasteiger charge is 2.11. The summed E-state index contributed by atoms with van der Waals surface area (Å²) in [5, 5.41) is 22.2. The van der Waals surface area contributed by atoms with E-state index in [9.17, 15) is 14.7 Å². The van der Waals surface area contributed by atoms with Crippen LogP contribution in [0.2, 0.25) is 0 Å². The molecule has 0 bridgehead atoms. The van der Waals surface area contributed by atoms with E-state index in [2.05, 4.69) is 11.9 Å². The van der Waals surface area contributed by atoms with E-state index in [0.717, 1.165) is 6.07 Å². The van der Waals surface area contributed by atoms with Crippen molar-refractivity contribution in [3.8, 4) is 5.75 Å². The van der Waals surface area contributed by atoms with E-state index in [1.54, 1.807) is 0 Å². The second-order valence-electron chi connectivity index (χ2n) is 3.25. The maximum Gasteiger partial charge on any atom is 0.337 e. The van der Waals surface area contributed by atoms with Crippen LogP contribution >= 0.6 is 0 Å². The number of aromatic carboxylic acids is 1. The van der Waals surface area contributed by atoms with Crippen LogP contribution in [0.25, 0.3) is 0 Å². The molecule has 0 spiro atoms. The molecule has 16 heavy (non-hydrogen) atoms. The number of amides is 1. The van der Waals surface area contributed by atoms with E-state index in [1.807, 2.05) is 0 Å². The number of benzene rings is 1. The lowest BCUT2D eigenvalue weighted by Gasteiger charge is -2.12. The summed E-state index contributed by atoms with van der Waals surface area (Å²) in [7, 11) is 0. The van der Waals surface area contributed by atoms with Crippen LogP contribution < -0.4 is 10.4 Å². The van der Waals surface area contributed by atoms with Crippen molar-refractivity contribution in [2.45, 2.75) is 6.92 Å². The van der Waals surface area contributed by atoms with Gasteiger partial charge < -0.3 is 15.5 Å². The van der Waals surface area contributed by atoms with Crippen molar-refractivity contribution in [2.75, 3.05) is 5.32 Å². The quantitative estimate of drug-likeness (QED) is 0.743. The van der Waals surface area contributed by atoms with Gasteiger partial charge in [0.1, 0.15) is 0 Å². The second-order valence-corrected chi connectivity index (χ2v) is 3.25. The first-order valence-corrected chi connectivity index (χ1v) is 4.43. The average Bonchev–Trinajstić information content (AvgIpc) is 2.20. The lowest BCUT2D eigenvalue weighted by atomic mass is 10.1. The van der Waals surface area contributed by atoms with Crippen molar-refractivity contribution in [3.63, 3.8) is 0 Å². The number of carbonyl (C=O) groups is 2. The molecule has 0 saturated heterocycles. The molecule has 5 nitrogen and oxygen atoms in total. The fraction of sp³-hybridized carbons (Fsp3) is 0.0909. The van der Waals surface area contributed by atoms with Gasteiger partial charge in [-0.05, 0) is 13.0 Å². The Hall–Kier alpha value is -2.30. The number of nitrogens with one attached hydrogen (secondary N) is 1. The van der Waals surface area contributed by atoms with E-state index in [4.69, 9.17) is 5.11 Å². The van der Waals surface area contributed by atoms with Crippen LogP contribution in [0.4, 0.5) is 5.69 Å². The molecule has 1 aromatic carbocycles. The van der Waals surface area contributed by atoms with Gasteiger partial charge in [0.15, 0.2) is 0 Å². The molecule has 0 fully saturated rings. The highest BCUT2D eigenvalue weighted by molar-refractivity contribution is 6.06. The van der Waals surface area contributed by atoms with E-state index in [0.29, 0.717) is 0 Å². The third-order valence-corrected chi connectivity index (χ3v) is 1.86. The summed E-state index contributed by atoms with van der Waals surface area (Å²) in [4.78, 5) is 22.1. The molecular weight excluding hydrogens is 210 g/mol. The number of hydrogen-bond acceptors (Lipinski definition) is 3. The molecule has 1 amide bonds. The third-order valence-electron chi connectivity index (χ3n) is 1.86. The summed E-state index contributed by atoms with van der Waals surface area (Å²) in [6.45, 7) is 4.92. The van der Waals surface area contributed by atoms with E-state index in [-0.39, 0.29) is 16.8 Å². The van der Waals surface area contributed by atoms with Crippen LogP contribution in [-0.4, -0.2) is 17.0 Å². The lowest BCUT2D eigenvalue weighted by molar-refractivity contribution is -0.268. The molecule has 0 unspecified atom stereocenters. The maximum absolute atomic E-state index is 11.3. The summed E-state index contributed by atoms with van der Waals surface area (Å²) in [5.41, 5.74) is 0.102. The molecule has 0 aliphatic rings. The molecule has 84 valence electrons. The minimum absolute atomic E-state index is 0.0834. The molecule has 0 aromatic heterocycles. The standard InChI is InChI=1S/C11H11NO4/c1-6(2)10(14)12-9-4-3-7(13)5-8(9)11(15)16/h3-5,13H,1H2,2H3,(H,12,14)(H,15,16)/p-1. The summed E-state index contributed by atoms with van der Waals surface area (Å²) in [6.07, 6.45) is 0. The number of carboxylic acids is 1. The molecule has 1 aromatic rings. The first kappa shape index (κ1) is 11.8. The molecule has 0 radical (unpaired) electrons. The van der Waals surface area contributed by atoms with Crippen LogP contribution in [0, 0.1) is 0 Å². The van der Waals surface area contributed by atoms with Crippen LogP contribution in [0.1, 0.15) is 17.3 Å². The Morgan fingerprint density at radius 3 is 2.56 bits per heavy atom. The Bertz CT molecular complexity index is 465. The van der Waals surface area contributed by atoms with Gasteiger partial charge in [-0.2, -0.15) is 0 Å². The summed E-state index contributed by atoms with van der Waals surface area (Å²) in [5.74, 6) is -2.18. The van der Waals surface area contributed by atoms with Crippen molar-refractivity contribution < 1.29 is 19.8 Å². The average molecular weight is 220 g/mol. The van der Waals surface area contributed by atoms with Crippen LogP contribution in [0.15, 0.2) is 30.4 Å². The minimum Gasteiger partial charge on any atom is -0.872 e. The first-order valence-electron chi connectivity index (χ1n) is 4.43. The fourth-order valence-corrected chi connectivity index (χ4v) is 1.04. The Morgan fingerprint density at radius 1 is 1.44 bits per heavy atom. The largest absolute Gasteiger partial charge is 0.872 e. The summed E-state index contributed by atoms with van der Waals surface area (Å²) >= 11 is 0. The van der Waals surface area contributed by atoms with Crippen molar-refractivity contribution in [2.24, 2.45) is 0 Å². The van der Waals surface area contributed by atoms with Crippen molar-refractivity contribution in [1.82, 2.24) is 0 Å². The zero-order valence-corrected chi connectivity index (χ0v) is 8.61. The first-order chi connectivity index (χ1) is 7.41. The Balaban J connectivity index is 3.09. The van der Waals surface area contributed by atoms with E-state index < -0.39 is 17.6 Å². The Kier molecular flexibility index (Phi) is 3.30. The van der Waals surface area contributed by atoms with Crippen molar-refractivity contribution >= 4 is 17.6 Å². The highest BCUT2D eigenvalue weighted by atomic mass is 16.4. The Morgan fingerprint density at radius 2 is 2.06 bits per heavy atom. The predicted molar refractivity (Wildman–Crippen MR) is 56.3 cm³/mol. The number of carbonyl (C=O) groups excluding carboxylic acids is 1. The van der Waals surface area contributed by atoms with Crippen LogP contribution in [-0.2, 0) is 4.79 Å². The summed E-state index contributed by atoms with van der Waals surface area (Å²) < 4.78 is 0. The molecule has 0 aliphatic carbocycles. The van der Waals surface area contributed by atoms with Gasteiger partial charge in [-0.1, -0.05) is 18.7 Å². The van der Waals surface area contributed by atoms with Gasteiger partial charge in [0.25, 0.3) is 5.91 Å². The molecule has 1 rings (SSSR count).